The van der Waals surface area contributed by atoms with Gasteiger partial charge in [0.25, 0.3) is 0 Å². The number of carbonyl (C=O) groups excluding carboxylic acids is 1. The molecule has 3 aromatic rings. The lowest BCUT2D eigenvalue weighted by atomic mass is 9.97. The molecule has 0 saturated heterocycles. The largest absolute Gasteiger partial charge is 0.481 e. The van der Waals surface area contributed by atoms with Gasteiger partial charge in [-0.15, -0.1) is 0 Å². The lowest BCUT2D eigenvalue weighted by Crippen LogP contribution is -2.21. The van der Waals surface area contributed by atoms with E-state index in [2.05, 4.69) is 19.1 Å². The molecule has 0 radical (unpaired) electrons. The molecule has 4 heteroatoms. The highest BCUT2D eigenvalue weighted by atomic mass is 16.5. The molecule has 0 aliphatic heterocycles. The summed E-state index contributed by atoms with van der Waals surface area (Å²) in [5, 5.41) is 13.7. The Morgan fingerprint density at radius 3 is 1.79 bits per heavy atom. The maximum atomic E-state index is 12.7. The summed E-state index contributed by atoms with van der Waals surface area (Å²) in [6, 6.07) is 17.8. The van der Waals surface area contributed by atoms with E-state index in [9.17, 15) is 14.7 Å². The lowest BCUT2D eigenvalue weighted by molar-refractivity contribution is -0.147. The third kappa shape index (κ3) is 10.1. The predicted molar refractivity (Wildman–Crippen MR) is 158 cm³/mol. The number of fused-ring (bicyclic) bond motifs is 2. The third-order valence-electron chi connectivity index (χ3n) is 7.60. The molecule has 0 aromatic heterocycles. The van der Waals surface area contributed by atoms with Crippen LogP contribution in [-0.4, -0.2) is 17.0 Å². The van der Waals surface area contributed by atoms with Crippen LogP contribution in [0, 0.1) is 5.92 Å². The number of benzene rings is 3. The molecule has 0 heterocycles. The quantitative estimate of drug-likeness (QED) is 0.0742. The van der Waals surface area contributed by atoms with Gasteiger partial charge in [0.15, 0.2) is 0 Å². The van der Waals surface area contributed by atoms with Crippen LogP contribution in [0.1, 0.15) is 110 Å². The van der Waals surface area contributed by atoms with E-state index >= 15 is 0 Å². The van der Waals surface area contributed by atoms with E-state index in [-0.39, 0.29) is 6.42 Å². The highest BCUT2D eigenvalue weighted by Gasteiger charge is 2.22. The average molecular weight is 519 g/mol. The van der Waals surface area contributed by atoms with E-state index in [0.29, 0.717) is 12.2 Å². The summed E-state index contributed by atoms with van der Waals surface area (Å²) < 4.78 is 5.68. The molecule has 0 saturated carbocycles. The standard InChI is InChI=1S/C34H46O4/c1-2-3-4-5-6-7-8-9-10-11-12-13-14-15-21-30(34(36)37)26-33(35)38-32-23-18-22-29-24-27-19-16-17-20-28(27)25-31(29)32/h16-20,22-25,30H,2-15,21,26H2,1H3,(H,36,37). The maximum absolute atomic E-state index is 12.7. The van der Waals surface area contributed by atoms with Crippen LogP contribution in [0.3, 0.4) is 0 Å². The second-order valence-corrected chi connectivity index (χ2v) is 10.8. The fraction of sp³-hybridized carbons (Fsp3) is 0.529. The molecule has 0 bridgehead atoms. The number of carboxylic acid groups (broad SMARTS) is 1. The zero-order chi connectivity index (χ0) is 27.0. The molecule has 0 fully saturated rings. The Bertz CT molecular complexity index is 1140. The van der Waals surface area contributed by atoms with E-state index in [1.165, 1.54) is 70.6 Å². The third-order valence-corrected chi connectivity index (χ3v) is 7.60. The van der Waals surface area contributed by atoms with E-state index in [1.807, 2.05) is 36.4 Å². The Labute approximate surface area is 228 Å². The van der Waals surface area contributed by atoms with E-state index < -0.39 is 17.9 Å². The van der Waals surface area contributed by atoms with Crippen LogP contribution in [0.2, 0.25) is 0 Å². The number of hydrogen-bond donors (Lipinski definition) is 1. The van der Waals surface area contributed by atoms with Crippen molar-refractivity contribution in [2.24, 2.45) is 5.92 Å². The Hall–Kier alpha value is -2.88. The zero-order valence-electron chi connectivity index (χ0n) is 23.3. The fourth-order valence-corrected chi connectivity index (χ4v) is 5.29. The average Bonchev–Trinajstić information content (AvgIpc) is 2.91. The van der Waals surface area contributed by atoms with Gasteiger partial charge in [-0.25, -0.2) is 0 Å². The number of carboxylic acids is 1. The highest BCUT2D eigenvalue weighted by molar-refractivity contribution is 6.01. The first kappa shape index (κ1) is 29.7. The number of hydrogen-bond acceptors (Lipinski definition) is 3. The second kappa shape index (κ2) is 16.9. The molecular formula is C34H46O4. The van der Waals surface area contributed by atoms with E-state index in [4.69, 9.17) is 4.74 Å². The molecule has 0 aliphatic carbocycles. The number of carbonyl (C=O) groups is 2. The molecule has 0 amide bonds. The van der Waals surface area contributed by atoms with Gasteiger partial charge in [-0.05, 0) is 40.8 Å². The summed E-state index contributed by atoms with van der Waals surface area (Å²) in [4.78, 5) is 24.5. The molecule has 38 heavy (non-hydrogen) atoms. The number of ether oxygens (including phenoxy) is 1. The molecule has 1 atom stereocenters. The summed E-state index contributed by atoms with van der Waals surface area (Å²) in [7, 11) is 0. The molecule has 206 valence electrons. The van der Waals surface area contributed by atoms with Crippen molar-refractivity contribution < 1.29 is 19.4 Å². The van der Waals surface area contributed by atoms with E-state index in [0.717, 1.165) is 40.8 Å². The van der Waals surface area contributed by atoms with Gasteiger partial charge < -0.3 is 9.84 Å². The Morgan fingerprint density at radius 2 is 1.21 bits per heavy atom. The molecule has 0 aliphatic rings. The van der Waals surface area contributed by atoms with Gasteiger partial charge in [0.05, 0.1) is 12.3 Å². The molecule has 3 rings (SSSR count). The van der Waals surface area contributed by atoms with Gasteiger partial charge in [0.2, 0.25) is 0 Å². The van der Waals surface area contributed by atoms with Gasteiger partial charge >= 0.3 is 11.9 Å². The number of rotatable bonds is 19. The summed E-state index contributed by atoms with van der Waals surface area (Å²) in [6.07, 6.45) is 18.1. The predicted octanol–water partition coefficient (Wildman–Crippen LogP) is 9.86. The van der Waals surface area contributed by atoms with Crippen molar-refractivity contribution in [1.82, 2.24) is 0 Å². The molecule has 1 unspecified atom stereocenters. The Balaban J connectivity index is 1.34. The monoisotopic (exact) mass is 518 g/mol. The van der Waals surface area contributed by atoms with Crippen LogP contribution in [0.4, 0.5) is 0 Å². The van der Waals surface area contributed by atoms with Gasteiger partial charge in [0.1, 0.15) is 5.75 Å². The van der Waals surface area contributed by atoms with E-state index in [1.54, 1.807) is 6.07 Å². The first-order valence-electron chi connectivity index (χ1n) is 14.9. The van der Waals surface area contributed by atoms with Crippen LogP contribution < -0.4 is 4.74 Å². The molecule has 3 aromatic carbocycles. The van der Waals surface area contributed by atoms with Crippen molar-refractivity contribution in [2.45, 2.75) is 110 Å². The van der Waals surface area contributed by atoms with Crippen molar-refractivity contribution in [3.05, 3.63) is 54.6 Å². The first-order valence-corrected chi connectivity index (χ1v) is 14.9. The highest BCUT2D eigenvalue weighted by Crippen LogP contribution is 2.30. The van der Waals surface area contributed by atoms with Crippen molar-refractivity contribution in [2.75, 3.05) is 0 Å². The molecular weight excluding hydrogens is 472 g/mol. The topological polar surface area (TPSA) is 63.6 Å². The second-order valence-electron chi connectivity index (χ2n) is 10.8. The SMILES string of the molecule is CCCCCCCCCCCCCCCCC(CC(=O)Oc1cccc2cc3ccccc3cc12)C(=O)O. The minimum Gasteiger partial charge on any atom is -0.481 e. The summed E-state index contributed by atoms with van der Waals surface area (Å²) >= 11 is 0. The van der Waals surface area contributed by atoms with Crippen molar-refractivity contribution >= 4 is 33.5 Å². The zero-order valence-corrected chi connectivity index (χ0v) is 23.3. The van der Waals surface area contributed by atoms with Gasteiger partial charge in [-0.1, -0.05) is 133 Å². The van der Waals surface area contributed by atoms with Crippen LogP contribution in [0.15, 0.2) is 54.6 Å². The Morgan fingerprint density at radius 1 is 0.684 bits per heavy atom. The smallest absolute Gasteiger partial charge is 0.312 e. The van der Waals surface area contributed by atoms with Crippen molar-refractivity contribution in [3.8, 4) is 5.75 Å². The number of unbranched alkanes of at least 4 members (excludes halogenated alkanes) is 13. The number of esters is 1. The summed E-state index contributed by atoms with van der Waals surface area (Å²) in [5.74, 6) is -1.61. The minimum absolute atomic E-state index is 0.0995. The lowest BCUT2D eigenvalue weighted by Gasteiger charge is -2.13. The van der Waals surface area contributed by atoms with Crippen LogP contribution >= 0.6 is 0 Å². The van der Waals surface area contributed by atoms with Gasteiger partial charge in [-0.2, -0.15) is 0 Å². The van der Waals surface area contributed by atoms with Gasteiger partial charge in [-0.3, -0.25) is 9.59 Å². The van der Waals surface area contributed by atoms with Gasteiger partial charge in [0, 0.05) is 5.39 Å². The summed E-state index contributed by atoms with van der Waals surface area (Å²) in [5.41, 5.74) is 0. The number of aliphatic carboxylic acids is 1. The maximum Gasteiger partial charge on any atom is 0.312 e. The molecule has 0 spiro atoms. The first-order chi connectivity index (χ1) is 18.6. The van der Waals surface area contributed by atoms with Crippen molar-refractivity contribution in [1.29, 1.82) is 0 Å². The summed E-state index contributed by atoms with van der Waals surface area (Å²) in [6.45, 7) is 2.26. The normalized spacial score (nSPS) is 12.1. The molecule has 1 N–H and O–H groups in total. The van der Waals surface area contributed by atoms with Crippen LogP contribution in [0.5, 0.6) is 5.75 Å². The fourth-order valence-electron chi connectivity index (χ4n) is 5.29. The Kier molecular flexibility index (Phi) is 13.2. The van der Waals surface area contributed by atoms with Crippen LogP contribution in [0.25, 0.3) is 21.5 Å². The van der Waals surface area contributed by atoms with Crippen molar-refractivity contribution in [3.63, 3.8) is 0 Å². The van der Waals surface area contributed by atoms with Crippen LogP contribution in [-0.2, 0) is 9.59 Å². The molecule has 4 nitrogen and oxygen atoms in total. The minimum atomic E-state index is -0.916.